The summed E-state index contributed by atoms with van der Waals surface area (Å²) in [6, 6.07) is 5.37. The topological polar surface area (TPSA) is 69.9 Å². The number of nitrogens with zero attached hydrogens (tertiary/aromatic N) is 4. The lowest BCUT2D eigenvalue weighted by molar-refractivity contribution is 0.419. The third-order valence-corrected chi connectivity index (χ3v) is 4.20. The molecule has 0 atom stereocenters. The highest BCUT2D eigenvalue weighted by Gasteiger charge is 2.11. The molecule has 108 valence electrons. The molecule has 0 radical (unpaired) electrons. The smallest absolute Gasteiger partial charge is 0.265 e. The second-order valence-corrected chi connectivity index (χ2v) is 5.62. The fourth-order valence-corrected chi connectivity index (χ4v) is 2.88. The zero-order valence-electron chi connectivity index (χ0n) is 11.7. The van der Waals surface area contributed by atoms with Crippen LogP contribution in [-0.4, -0.2) is 26.9 Å². The van der Waals surface area contributed by atoms with Crippen molar-refractivity contribution in [1.82, 2.24) is 19.7 Å². The standard InChI is InChI=1S/C14H14N4O2S/c1-3-11-16-17-12(21-11)7-18-8-15-9-5-4-6-10(20-2)13(9)14(18)19/h4-6,8H,3,7H2,1-2H3. The van der Waals surface area contributed by atoms with E-state index in [2.05, 4.69) is 15.2 Å². The highest BCUT2D eigenvalue weighted by molar-refractivity contribution is 7.11. The quantitative estimate of drug-likeness (QED) is 0.736. The minimum Gasteiger partial charge on any atom is -0.496 e. The summed E-state index contributed by atoms with van der Waals surface area (Å²) in [5, 5.41) is 10.4. The van der Waals surface area contributed by atoms with Crippen molar-refractivity contribution < 1.29 is 4.74 Å². The minimum absolute atomic E-state index is 0.134. The fraction of sp³-hybridized carbons (Fsp3) is 0.286. The SMILES string of the molecule is CCc1nnc(Cn2cnc3cccc(OC)c3c2=O)s1. The third-order valence-electron chi connectivity index (χ3n) is 3.15. The molecule has 0 N–H and O–H groups in total. The van der Waals surface area contributed by atoms with E-state index in [4.69, 9.17) is 4.74 Å². The van der Waals surface area contributed by atoms with E-state index >= 15 is 0 Å². The lowest BCUT2D eigenvalue weighted by atomic mass is 10.2. The van der Waals surface area contributed by atoms with E-state index in [0.717, 1.165) is 16.4 Å². The summed E-state index contributed by atoms with van der Waals surface area (Å²) >= 11 is 1.51. The Morgan fingerprint density at radius 1 is 1.29 bits per heavy atom. The van der Waals surface area contributed by atoms with Gasteiger partial charge < -0.3 is 4.74 Å². The molecule has 0 bridgehead atoms. The summed E-state index contributed by atoms with van der Waals surface area (Å²) in [5.74, 6) is 0.533. The second-order valence-electron chi connectivity index (χ2n) is 4.48. The number of fused-ring (bicyclic) bond motifs is 1. The summed E-state index contributed by atoms with van der Waals surface area (Å²) in [6.45, 7) is 2.40. The number of hydrogen-bond donors (Lipinski definition) is 0. The molecule has 0 aliphatic rings. The van der Waals surface area contributed by atoms with Crippen LogP contribution >= 0.6 is 11.3 Å². The Kier molecular flexibility index (Phi) is 3.66. The van der Waals surface area contributed by atoms with Gasteiger partial charge in [0.15, 0.2) is 0 Å². The Morgan fingerprint density at radius 2 is 2.10 bits per heavy atom. The molecule has 0 saturated heterocycles. The molecule has 3 aromatic rings. The number of rotatable bonds is 4. The zero-order chi connectivity index (χ0) is 14.8. The van der Waals surface area contributed by atoms with Crippen molar-refractivity contribution in [3.8, 4) is 5.75 Å². The molecule has 3 rings (SSSR count). The largest absolute Gasteiger partial charge is 0.496 e. The van der Waals surface area contributed by atoms with Crippen LogP contribution in [0, 0.1) is 0 Å². The van der Waals surface area contributed by atoms with Crippen LogP contribution in [0.5, 0.6) is 5.75 Å². The Labute approximate surface area is 125 Å². The Bertz CT molecular complexity index is 840. The first-order chi connectivity index (χ1) is 10.2. The first-order valence-corrected chi connectivity index (χ1v) is 7.38. The fourth-order valence-electron chi connectivity index (χ4n) is 2.09. The monoisotopic (exact) mass is 302 g/mol. The summed E-state index contributed by atoms with van der Waals surface area (Å²) in [5.41, 5.74) is 0.493. The average Bonchev–Trinajstić information content (AvgIpc) is 2.97. The van der Waals surface area contributed by atoms with E-state index in [0.29, 0.717) is 23.2 Å². The van der Waals surface area contributed by atoms with Crippen molar-refractivity contribution in [1.29, 1.82) is 0 Å². The molecule has 1 aromatic carbocycles. The molecular weight excluding hydrogens is 288 g/mol. The van der Waals surface area contributed by atoms with Gasteiger partial charge in [0.05, 0.1) is 25.5 Å². The van der Waals surface area contributed by atoms with E-state index in [1.807, 2.05) is 13.0 Å². The van der Waals surface area contributed by atoms with Crippen molar-refractivity contribution >= 4 is 22.2 Å². The van der Waals surface area contributed by atoms with E-state index in [1.165, 1.54) is 22.2 Å². The number of aromatic nitrogens is 4. The van der Waals surface area contributed by atoms with E-state index in [1.54, 1.807) is 19.2 Å². The van der Waals surface area contributed by atoms with Crippen LogP contribution < -0.4 is 10.3 Å². The van der Waals surface area contributed by atoms with Gasteiger partial charge in [-0.15, -0.1) is 10.2 Å². The molecule has 0 fully saturated rings. The highest BCUT2D eigenvalue weighted by atomic mass is 32.1. The van der Waals surface area contributed by atoms with Gasteiger partial charge in [0.25, 0.3) is 5.56 Å². The Morgan fingerprint density at radius 3 is 2.81 bits per heavy atom. The molecule has 21 heavy (non-hydrogen) atoms. The van der Waals surface area contributed by atoms with Gasteiger partial charge in [-0.25, -0.2) is 4.98 Å². The molecule has 2 heterocycles. The van der Waals surface area contributed by atoms with Crippen LogP contribution in [0.15, 0.2) is 29.3 Å². The first kappa shape index (κ1) is 13.7. The van der Waals surface area contributed by atoms with E-state index in [-0.39, 0.29) is 5.56 Å². The molecular formula is C14H14N4O2S. The molecule has 0 spiro atoms. The molecule has 0 saturated carbocycles. The molecule has 6 nitrogen and oxygen atoms in total. The molecule has 0 amide bonds. The second kappa shape index (κ2) is 5.61. The molecule has 0 aliphatic carbocycles. The van der Waals surface area contributed by atoms with Crippen LogP contribution in [0.4, 0.5) is 0 Å². The number of benzene rings is 1. The van der Waals surface area contributed by atoms with Crippen molar-refractivity contribution in [2.24, 2.45) is 0 Å². The number of aryl methyl sites for hydroxylation is 1. The maximum Gasteiger partial charge on any atom is 0.265 e. The average molecular weight is 302 g/mol. The van der Waals surface area contributed by atoms with Gasteiger partial charge in [0.1, 0.15) is 21.2 Å². The van der Waals surface area contributed by atoms with Crippen LogP contribution in [0.2, 0.25) is 0 Å². The number of ether oxygens (including phenoxy) is 1. The first-order valence-electron chi connectivity index (χ1n) is 6.56. The van der Waals surface area contributed by atoms with Crippen LogP contribution in [0.1, 0.15) is 16.9 Å². The summed E-state index contributed by atoms with van der Waals surface area (Å²) < 4.78 is 6.79. The molecule has 7 heteroatoms. The third kappa shape index (κ3) is 2.52. The minimum atomic E-state index is -0.134. The van der Waals surface area contributed by atoms with Crippen molar-refractivity contribution in [3.63, 3.8) is 0 Å². The van der Waals surface area contributed by atoms with Gasteiger partial charge in [-0.05, 0) is 18.6 Å². The normalized spacial score (nSPS) is 11.0. The summed E-state index contributed by atoms with van der Waals surface area (Å²) in [6.07, 6.45) is 2.38. The van der Waals surface area contributed by atoms with E-state index < -0.39 is 0 Å². The maximum atomic E-state index is 12.6. The van der Waals surface area contributed by atoms with Crippen molar-refractivity contribution in [2.75, 3.05) is 7.11 Å². The maximum absolute atomic E-state index is 12.6. The molecule has 0 unspecified atom stereocenters. The number of hydrogen-bond acceptors (Lipinski definition) is 6. The van der Waals surface area contributed by atoms with Crippen molar-refractivity contribution in [3.05, 3.63) is 44.9 Å². The van der Waals surface area contributed by atoms with Crippen LogP contribution in [0.25, 0.3) is 10.9 Å². The van der Waals surface area contributed by atoms with E-state index in [9.17, 15) is 4.79 Å². The Balaban J connectivity index is 2.07. The molecule has 2 aromatic heterocycles. The van der Waals surface area contributed by atoms with Crippen LogP contribution in [-0.2, 0) is 13.0 Å². The van der Waals surface area contributed by atoms with Gasteiger partial charge in [-0.1, -0.05) is 24.3 Å². The highest BCUT2D eigenvalue weighted by Crippen LogP contribution is 2.20. The van der Waals surface area contributed by atoms with Crippen LogP contribution in [0.3, 0.4) is 0 Å². The van der Waals surface area contributed by atoms with Crippen molar-refractivity contribution in [2.45, 2.75) is 19.9 Å². The Hall–Kier alpha value is -2.28. The zero-order valence-corrected chi connectivity index (χ0v) is 12.6. The lowest BCUT2D eigenvalue weighted by Crippen LogP contribution is -2.21. The van der Waals surface area contributed by atoms with Gasteiger partial charge in [0, 0.05) is 0 Å². The summed E-state index contributed by atoms with van der Waals surface area (Å²) in [4.78, 5) is 16.9. The molecule has 0 aliphatic heterocycles. The predicted octanol–water partition coefficient (Wildman–Crippen LogP) is 1.87. The van der Waals surface area contributed by atoms with Gasteiger partial charge in [0.2, 0.25) is 0 Å². The number of methoxy groups -OCH3 is 1. The van der Waals surface area contributed by atoms with Gasteiger partial charge in [-0.3, -0.25) is 9.36 Å². The van der Waals surface area contributed by atoms with Gasteiger partial charge in [-0.2, -0.15) is 0 Å². The summed E-state index contributed by atoms with van der Waals surface area (Å²) in [7, 11) is 1.55. The lowest BCUT2D eigenvalue weighted by Gasteiger charge is -2.07. The predicted molar refractivity (Wildman–Crippen MR) is 80.9 cm³/mol. The van der Waals surface area contributed by atoms with Gasteiger partial charge >= 0.3 is 0 Å².